The van der Waals surface area contributed by atoms with Gasteiger partial charge in [-0.25, -0.2) is 0 Å². The van der Waals surface area contributed by atoms with Gasteiger partial charge in [0.2, 0.25) is 6.79 Å². The lowest BCUT2D eigenvalue weighted by molar-refractivity contribution is 0.173. The first-order chi connectivity index (χ1) is 9.85. The summed E-state index contributed by atoms with van der Waals surface area (Å²) in [6.07, 6.45) is 4.84. The standard InChI is InChI=1S/C16H25NO3/c1-3-5-6-7-8-18-14-10-16-15(19-12-20-16)9-13(14)11-17-4-2/h9-10,17H,3-8,11-12H2,1-2H3. The second-order valence-electron chi connectivity index (χ2n) is 5.00. The zero-order valence-corrected chi connectivity index (χ0v) is 12.5. The maximum absolute atomic E-state index is 5.93. The number of unbranched alkanes of at least 4 members (excludes halogenated alkanes) is 3. The van der Waals surface area contributed by atoms with Gasteiger partial charge in [0.15, 0.2) is 11.5 Å². The molecule has 0 atom stereocenters. The third-order valence-corrected chi connectivity index (χ3v) is 3.38. The molecule has 0 aromatic heterocycles. The topological polar surface area (TPSA) is 39.7 Å². The molecule has 0 aliphatic carbocycles. The van der Waals surface area contributed by atoms with Gasteiger partial charge in [0, 0.05) is 18.2 Å². The van der Waals surface area contributed by atoms with Crippen molar-refractivity contribution in [2.24, 2.45) is 0 Å². The molecule has 1 aromatic carbocycles. The number of rotatable bonds is 9. The Balaban J connectivity index is 1.97. The first-order valence-electron chi connectivity index (χ1n) is 7.61. The van der Waals surface area contributed by atoms with Crippen molar-refractivity contribution >= 4 is 0 Å². The highest BCUT2D eigenvalue weighted by molar-refractivity contribution is 5.51. The first kappa shape index (κ1) is 15.0. The molecule has 0 radical (unpaired) electrons. The Labute approximate surface area is 121 Å². The van der Waals surface area contributed by atoms with Crippen molar-refractivity contribution in [1.82, 2.24) is 5.32 Å². The molecule has 0 amide bonds. The molecule has 0 fully saturated rings. The maximum atomic E-state index is 5.93. The van der Waals surface area contributed by atoms with E-state index >= 15 is 0 Å². The van der Waals surface area contributed by atoms with Crippen LogP contribution in [0.4, 0.5) is 0 Å². The van der Waals surface area contributed by atoms with Crippen LogP contribution in [0.1, 0.15) is 45.1 Å². The quantitative estimate of drug-likeness (QED) is 0.702. The molecule has 112 valence electrons. The van der Waals surface area contributed by atoms with E-state index in [-0.39, 0.29) is 0 Å². The van der Waals surface area contributed by atoms with Gasteiger partial charge in [0.25, 0.3) is 0 Å². The predicted octanol–water partition coefficient (Wildman–Crippen LogP) is 3.48. The fourth-order valence-corrected chi connectivity index (χ4v) is 2.21. The molecule has 1 aliphatic heterocycles. The van der Waals surface area contributed by atoms with Crippen LogP contribution < -0.4 is 19.5 Å². The molecule has 0 bridgehead atoms. The third kappa shape index (κ3) is 4.04. The van der Waals surface area contributed by atoms with Gasteiger partial charge in [-0.05, 0) is 19.0 Å². The zero-order valence-electron chi connectivity index (χ0n) is 12.5. The summed E-state index contributed by atoms with van der Waals surface area (Å²) in [5.41, 5.74) is 1.13. The number of benzene rings is 1. The van der Waals surface area contributed by atoms with E-state index in [1.165, 1.54) is 19.3 Å². The number of hydrogen-bond acceptors (Lipinski definition) is 4. The molecular weight excluding hydrogens is 254 g/mol. The van der Waals surface area contributed by atoms with Crippen LogP contribution in [0, 0.1) is 0 Å². The van der Waals surface area contributed by atoms with Gasteiger partial charge >= 0.3 is 0 Å². The molecule has 0 unspecified atom stereocenters. The average Bonchev–Trinajstić information content (AvgIpc) is 2.91. The van der Waals surface area contributed by atoms with Crippen LogP contribution >= 0.6 is 0 Å². The van der Waals surface area contributed by atoms with Crippen LogP contribution in [0.5, 0.6) is 17.2 Å². The van der Waals surface area contributed by atoms with Crippen LogP contribution in [-0.4, -0.2) is 19.9 Å². The fraction of sp³-hybridized carbons (Fsp3) is 0.625. The second-order valence-corrected chi connectivity index (χ2v) is 5.00. The highest BCUT2D eigenvalue weighted by atomic mass is 16.7. The molecule has 1 aliphatic rings. The van der Waals surface area contributed by atoms with Crippen LogP contribution in [0.25, 0.3) is 0 Å². The monoisotopic (exact) mass is 279 g/mol. The van der Waals surface area contributed by atoms with Gasteiger partial charge < -0.3 is 19.5 Å². The Morgan fingerprint density at radius 3 is 2.65 bits per heavy atom. The average molecular weight is 279 g/mol. The first-order valence-corrected chi connectivity index (χ1v) is 7.61. The van der Waals surface area contributed by atoms with E-state index in [1.807, 2.05) is 12.1 Å². The lowest BCUT2D eigenvalue weighted by atomic mass is 10.1. The number of fused-ring (bicyclic) bond motifs is 1. The van der Waals surface area contributed by atoms with Gasteiger partial charge in [0.05, 0.1) is 6.61 Å². The Morgan fingerprint density at radius 1 is 1.10 bits per heavy atom. The van der Waals surface area contributed by atoms with Crippen molar-refractivity contribution < 1.29 is 14.2 Å². The number of nitrogens with one attached hydrogen (secondary N) is 1. The molecule has 2 rings (SSSR count). The molecule has 1 heterocycles. The zero-order chi connectivity index (χ0) is 14.2. The fourth-order valence-electron chi connectivity index (χ4n) is 2.21. The highest BCUT2D eigenvalue weighted by Gasteiger charge is 2.17. The van der Waals surface area contributed by atoms with Crippen LogP contribution in [0.2, 0.25) is 0 Å². The molecule has 4 heteroatoms. The minimum Gasteiger partial charge on any atom is -0.493 e. The summed E-state index contributed by atoms with van der Waals surface area (Å²) in [7, 11) is 0. The van der Waals surface area contributed by atoms with Crippen molar-refractivity contribution in [1.29, 1.82) is 0 Å². The van der Waals surface area contributed by atoms with Crippen LogP contribution in [0.3, 0.4) is 0 Å². The summed E-state index contributed by atoms with van der Waals surface area (Å²) in [5.74, 6) is 2.51. The van der Waals surface area contributed by atoms with E-state index in [4.69, 9.17) is 14.2 Å². The van der Waals surface area contributed by atoms with Gasteiger partial charge in [-0.15, -0.1) is 0 Å². The smallest absolute Gasteiger partial charge is 0.231 e. The van der Waals surface area contributed by atoms with Crippen molar-refractivity contribution in [3.05, 3.63) is 17.7 Å². The van der Waals surface area contributed by atoms with Crippen molar-refractivity contribution in [3.63, 3.8) is 0 Å². The minimum absolute atomic E-state index is 0.302. The van der Waals surface area contributed by atoms with E-state index in [1.54, 1.807) is 0 Å². The largest absolute Gasteiger partial charge is 0.493 e. The lowest BCUT2D eigenvalue weighted by Crippen LogP contribution is -2.13. The molecule has 1 aromatic rings. The van der Waals surface area contributed by atoms with E-state index in [9.17, 15) is 0 Å². The molecule has 0 spiro atoms. The molecular formula is C16H25NO3. The summed E-state index contributed by atoms with van der Waals surface area (Å²) in [4.78, 5) is 0. The van der Waals surface area contributed by atoms with E-state index in [2.05, 4.69) is 19.2 Å². The van der Waals surface area contributed by atoms with Crippen molar-refractivity contribution in [2.45, 2.75) is 46.1 Å². The van der Waals surface area contributed by atoms with Gasteiger partial charge in [-0.1, -0.05) is 33.1 Å². The molecule has 0 saturated carbocycles. The van der Waals surface area contributed by atoms with Crippen molar-refractivity contribution in [3.8, 4) is 17.2 Å². The Kier molecular flexibility index (Phi) is 5.99. The summed E-state index contributed by atoms with van der Waals surface area (Å²) in [6, 6.07) is 3.97. The molecule has 1 N–H and O–H groups in total. The number of ether oxygens (including phenoxy) is 3. The SMILES string of the molecule is CCCCCCOc1cc2c(cc1CNCC)OCO2. The van der Waals surface area contributed by atoms with Crippen LogP contribution in [0.15, 0.2) is 12.1 Å². The normalized spacial score (nSPS) is 12.7. The summed E-state index contributed by atoms with van der Waals surface area (Å²) in [6.45, 7) is 7.10. The van der Waals surface area contributed by atoms with Crippen LogP contribution in [-0.2, 0) is 6.54 Å². The van der Waals surface area contributed by atoms with Gasteiger partial charge in [-0.2, -0.15) is 0 Å². The summed E-state index contributed by atoms with van der Waals surface area (Å²) < 4.78 is 16.8. The Hall–Kier alpha value is -1.42. The van der Waals surface area contributed by atoms with Gasteiger partial charge in [-0.3, -0.25) is 0 Å². The molecule has 0 saturated heterocycles. The van der Waals surface area contributed by atoms with E-state index in [0.29, 0.717) is 6.79 Å². The molecule has 20 heavy (non-hydrogen) atoms. The second kappa shape index (κ2) is 8.00. The maximum Gasteiger partial charge on any atom is 0.231 e. The molecule has 4 nitrogen and oxygen atoms in total. The van der Waals surface area contributed by atoms with Crippen molar-refractivity contribution in [2.75, 3.05) is 19.9 Å². The van der Waals surface area contributed by atoms with Gasteiger partial charge in [0.1, 0.15) is 5.75 Å². The van der Waals surface area contributed by atoms with E-state index < -0.39 is 0 Å². The predicted molar refractivity (Wildman–Crippen MR) is 79.6 cm³/mol. The van der Waals surface area contributed by atoms with E-state index in [0.717, 1.165) is 48.9 Å². The summed E-state index contributed by atoms with van der Waals surface area (Å²) >= 11 is 0. The number of hydrogen-bond donors (Lipinski definition) is 1. The Morgan fingerprint density at radius 2 is 1.90 bits per heavy atom. The summed E-state index contributed by atoms with van der Waals surface area (Å²) in [5, 5.41) is 3.33. The Bertz CT molecular complexity index is 420. The lowest BCUT2D eigenvalue weighted by Gasteiger charge is -2.13. The minimum atomic E-state index is 0.302. The highest BCUT2D eigenvalue weighted by Crippen LogP contribution is 2.38. The third-order valence-electron chi connectivity index (χ3n) is 3.38.